The molecule has 0 atom stereocenters. The van der Waals surface area contributed by atoms with Crippen molar-refractivity contribution in [2.45, 2.75) is 13.8 Å². The zero-order chi connectivity index (χ0) is 15.4. The van der Waals surface area contributed by atoms with Crippen molar-refractivity contribution >= 4 is 11.8 Å². The van der Waals surface area contributed by atoms with Gasteiger partial charge in [0.05, 0.1) is 5.56 Å². The molecule has 5 nitrogen and oxygen atoms in total. The summed E-state index contributed by atoms with van der Waals surface area (Å²) in [4.78, 5) is 27.4. The molecule has 0 aliphatic rings. The van der Waals surface area contributed by atoms with Crippen LogP contribution < -0.4 is 4.74 Å². The summed E-state index contributed by atoms with van der Waals surface area (Å²) in [5.41, 5.74) is 1.46. The van der Waals surface area contributed by atoms with E-state index in [0.29, 0.717) is 11.3 Å². The van der Waals surface area contributed by atoms with E-state index < -0.39 is 5.97 Å². The van der Waals surface area contributed by atoms with E-state index in [1.165, 1.54) is 25.1 Å². The molecule has 1 aromatic heterocycles. The summed E-state index contributed by atoms with van der Waals surface area (Å²) >= 11 is 0. The Hall–Kier alpha value is -3.00. The summed E-state index contributed by atoms with van der Waals surface area (Å²) in [7, 11) is 0. The van der Waals surface area contributed by atoms with Gasteiger partial charge in [-0.15, -0.1) is 0 Å². The largest absolute Gasteiger partial charge is 0.402 e. The predicted octanol–water partition coefficient (Wildman–Crippen LogP) is 2.68. The molecule has 0 spiro atoms. The third-order valence-corrected chi connectivity index (χ3v) is 2.81. The third kappa shape index (κ3) is 3.31. The molecular formula is C16H12N2O3. The standard InChI is InChI=1S/C16H12N2O3/c1-10-6-7-14(9-17)15(18-10)21-16(20)13-5-3-4-12(8-13)11(2)19/h3-8H,1-2H3. The van der Waals surface area contributed by atoms with Crippen molar-refractivity contribution in [3.8, 4) is 11.9 Å². The number of hydrogen-bond acceptors (Lipinski definition) is 5. The van der Waals surface area contributed by atoms with Crippen LogP contribution in [0.1, 0.15) is 38.9 Å². The monoisotopic (exact) mass is 280 g/mol. The first-order valence-electron chi connectivity index (χ1n) is 6.22. The Morgan fingerprint density at radius 3 is 2.57 bits per heavy atom. The van der Waals surface area contributed by atoms with Crippen molar-refractivity contribution in [1.29, 1.82) is 5.26 Å². The van der Waals surface area contributed by atoms with Gasteiger partial charge in [-0.25, -0.2) is 9.78 Å². The van der Waals surface area contributed by atoms with Gasteiger partial charge in [-0.1, -0.05) is 12.1 Å². The van der Waals surface area contributed by atoms with Gasteiger partial charge in [0.15, 0.2) is 5.78 Å². The van der Waals surface area contributed by atoms with Gasteiger partial charge < -0.3 is 4.74 Å². The number of Topliss-reactive ketones (excluding diaryl/α,β-unsaturated/α-hetero) is 1. The van der Waals surface area contributed by atoms with Crippen LogP contribution in [0.3, 0.4) is 0 Å². The molecule has 0 N–H and O–H groups in total. The van der Waals surface area contributed by atoms with Crippen molar-refractivity contribution in [3.63, 3.8) is 0 Å². The van der Waals surface area contributed by atoms with Crippen LogP contribution in [-0.2, 0) is 0 Å². The van der Waals surface area contributed by atoms with Crippen molar-refractivity contribution in [2.75, 3.05) is 0 Å². The molecule has 0 saturated heterocycles. The fraction of sp³-hybridized carbons (Fsp3) is 0.125. The van der Waals surface area contributed by atoms with E-state index in [-0.39, 0.29) is 22.8 Å². The number of aromatic nitrogens is 1. The van der Waals surface area contributed by atoms with E-state index in [1.54, 1.807) is 25.1 Å². The molecule has 0 saturated carbocycles. The molecule has 0 unspecified atom stereocenters. The lowest BCUT2D eigenvalue weighted by Gasteiger charge is -2.06. The second kappa shape index (κ2) is 5.97. The fourth-order valence-electron chi connectivity index (χ4n) is 1.71. The molecular weight excluding hydrogens is 268 g/mol. The lowest BCUT2D eigenvalue weighted by Crippen LogP contribution is -2.11. The molecule has 2 aromatic rings. The van der Waals surface area contributed by atoms with Crippen LogP contribution in [0, 0.1) is 18.3 Å². The molecule has 5 heteroatoms. The van der Waals surface area contributed by atoms with E-state index in [1.807, 2.05) is 6.07 Å². The zero-order valence-electron chi connectivity index (χ0n) is 11.6. The molecule has 1 aromatic carbocycles. The highest BCUT2D eigenvalue weighted by atomic mass is 16.5. The van der Waals surface area contributed by atoms with Gasteiger partial charge in [-0.2, -0.15) is 5.26 Å². The number of benzene rings is 1. The summed E-state index contributed by atoms with van der Waals surface area (Å²) in [5.74, 6) is -0.834. The molecule has 0 fully saturated rings. The van der Waals surface area contributed by atoms with Crippen LogP contribution in [-0.4, -0.2) is 16.7 Å². The van der Waals surface area contributed by atoms with Crippen LogP contribution in [0.25, 0.3) is 0 Å². The first kappa shape index (κ1) is 14.4. The number of esters is 1. The summed E-state index contributed by atoms with van der Waals surface area (Å²) in [6, 6.07) is 11.3. The van der Waals surface area contributed by atoms with Crippen LogP contribution >= 0.6 is 0 Å². The molecule has 0 amide bonds. The topological polar surface area (TPSA) is 80.1 Å². The molecule has 0 aliphatic heterocycles. The van der Waals surface area contributed by atoms with Crippen molar-refractivity contribution in [2.24, 2.45) is 0 Å². The number of aryl methyl sites for hydroxylation is 1. The Bertz CT molecular complexity index is 760. The highest BCUT2D eigenvalue weighted by Gasteiger charge is 2.14. The summed E-state index contributed by atoms with van der Waals surface area (Å²) in [6.45, 7) is 3.15. The molecule has 0 bridgehead atoms. The maximum atomic E-state index is 12.1. The van der Waals surface area contributed by atoms with Crippen LogP contribution in [0.4, 0.5) is 0 Å². The van der Waals surface area contributed by atoms with E-state index in [0.717, 1.165) is 0 Å². The number of ketones is 1. The minimum atomic E-state index is -0.660. The molecule has 0 radical (unpaired) electrons. The number of ether oxygens (including phenoxy) is 1. The Labute approximate surface area is 121 Å². The number of pyridine rings is 1. The average Bonchev–Trinajstić information content (AvgIpc) is 2.47. The van der Waals surface area contributed by atoms with E-state index in [4.69, 9.17) is 10.00 Å². The first-order chi connectivity index (χ1) is 10.0. The van der Waals surface area contributed by atoms with Gasteiger partial charge in [-0.05, 0) is 38.1 Å². The number of nitrogens with zero attached hydrogens (tertiary/aromatic N) is 2. The smallest absolute Gasteiger partial charge is 0.344 e. The van der Waals surface area contributed by atoms with Gasteiger partial charge in [0, 0.05) is 11.3 Å². The molecule has 21 heavy (non-hydrogen) atoms. The number of nitriles is 1. The van der Waals surface area contributed by atoms with Crippen molar-refractivity contribution in [1.82, 2.24) is 4.98 Å². The zero-order valence-corrected chi connectivity index (χ0v) is 11.6. The molecule has 104 valence electrons. The summed E-state index contributed by atoms with van der Waals surface area (Å²) in [6.07, 6.45) is 0. The highest BCUT2D eigenvalue weighted by molar-refractivity contribution is 5.98. The average molecular weight is 280 g/mol. The predicted molar refractivity (Wildman–Crippen MR) is 75.1 cm³/mol. The maximum Gasteiger partial charge on any atom is 0.344 e. The number of rotatable bonds is 3. The second-order valence-electron chi connectivity index (χ2n) is 4.44. The minimum Gasteiger partial charge on any atom is -0.402 e. The second-order valence-corrected chi connectivity index (χ2v) is 4.44. The third-order valence-electron chi connectivity index (χ3n) is 2.81. The highest BCUT2D eigenvalue weighted by Crippen LogP contribution is 2.17. The van der Waals surface area contributed by atoms with Gasteiger partial charge in [0.1, 0.15) is 11.6 Å². The maximum absolute atomic E-state index is 12.1. The Morgan fingerprint density at radius 2 is 1.90 bits per heavy atom. The first-order valence-corrected chi connectivity index (χ1v) is 6.22. The van der Waals surface area contributed by atoms with E-state index in [9.17, 15) is 9.59 Å². The number of carbonyl (C=O) groups is 2. The number of carbonyl (C=O) groups excluding carboxylic acids is 2. The molecule has 2 rings (SSSR count). The van der Waals surface area contributed by atoms with Crippen LogP contribution in [0.5, 0.6) is 5.88 Å². The Morgan fingerprint density at radius 1 is 1.19 bits per heavy atom. The van der Waals surface area contributed by atoms with Crippen molar-refractivity contribution < 1.29 is 14.3 Å². The summed E-state index contributed by atoms with van der Waals surface area (Å²) < 4.78 is 5.15. The summed E-state index contributed by atoms with van der Waals surface area (Å²) in [5, 5.41) is 8.98. The van der Waals surface area contributed by atoms with E-state index >= 15 is 0 Å². The van der Waals surface area contributed by atoms with Crippen molar-refractivity contribution in [3.05, 3.63) is 58.8 Å². The van der Waals surface area contributed by atoms with Gasteiger partial charge in [-0.3, -0.25) is 4.79 Å². The van der Waals surface area contributed by atoms with Crippen LogP contribution in [0.2, 0.25) is 0 Å². The fourth-order valence-corrected chi connectivity index (χ4v) is 1.71. The van der Waals surface area contributed by atoms with Gasteiger partial charge >= 0.3 is 5.97 Å². The van der Waals surface area contributed by atoms with E-state index in [2.05, 4.69) is 4.98 Å². The SMILES string of the molecule is CC(=O)c1cccc(C(=O)Oc2nc(C)ccc2C#N)c1. The lowest BCUT2D eigenvalue weighted by molar-refractivity contribution is 0.0727. The Kier molecular flexibility index (Phi) is 4.10. The quantitative estimate of drug-likeness (QED) is 0.638. The number of hydrogen-bond donors (Lipinski definition) is 0. The normalized spacial score (nSPS) is 9.76. The minimum absolute atomic E-state index is 0.0317. The molecule has 0 aliphatic carbocycles. The molecule has 1 heterocycles. The lowest BCUT2D eigenvalue weighted by atomic mass is 10.1. The Balaban J connectivity index is 2.30. The van der Waals surface area contributed by atoms with Gasteiger partial charge in [0.2, 0.25) is 5.88 Å². The van der Waals surface area contributed by atoms with Gasteiger partial charge in [0.25, 0.3) is 0 Å². The van der Waals surface area contributed by atoms with Crippen LogP contribution in [0.15, 0.2) is 36.4 Å².